The minimum atomic E-state index is -0.838. The van der Waals surface area contributed by atoms with Crippen molar-refractivity contribution in [2.75, 3.05) is 13.1 Å². The van der Waals surface area contributed by atoms with Gasteiger partial charge in [0, 0.05) is 42.0 Å². The Morgan fingerprint density at radius 2 is 2.25 bits per heavy atom. The van der Waals surface area contributed by atoms with E-state index in [1.54, 1.807) is 17.5 Å². The lowest BCUT2D eigenvalue weighted by Crippen LogP contribution is -2.37. The number of piperidine rings is 1. The first-order chi connectivity index (χ1) is 11.7. The van der Waals surface area contributed by atoms with E-state index < -0.39 is 6.09 Å². The van der Waals surface area contributed by atoms with Gasteiger partial charge in [0.2, 0.25) is 0 Å². The Kier molecular flexibility index (Phi) is 3.89. The average molecular weight is 344 g/mol. The number of aromatic nitrogens is 3. The van der Waals surface area contributed by atoms with Crippen molar-refractivity contribution in [3.05, 3.63) is 30.4 Å². The van der Waals surface area contributed by atoms with Crippen LogP contribution < -0.4 is 0 Å². The lowest BCUT2D eigenvalue weighted by Gasteiger charge is -2.29. The molecule has 3 aromatic heterocycles. The van der Waals surface area contributed by atoms with Crippen molar-refractivity contribution in [1.29, 1.82) is 0 Å². The average Bonchev–Trinajstić information content (AvgIpc) is 3.21. The summed E-state index contributed by atoms with van der Waals surface area (Å²) in [7, 11) is 0. The monoisotopic (exact) mass is 344 g/mol. The highest BCUT2D eigenvalue weighted by Crippen LogP contribution is 2.32. The van der Waals surface area contributed by atoms with E-state index in [1.807, 2.05) is 18.3 Å². The van der Waals surface area contributed by atoms with Gasteiger partial charge in [-0.05, 0) is 30.9 Å². The Labute approximate surface area is 141 Å². The zero-order chi connectivity index (χ0) is 16.5. The summed E-state index contributed by atoms with van der Waals surface area (Å²) in [5.74, 6) is 1.63. The maximum Gasteiger partial charge on any atom is 0.407 e. The van der Waals surface area contributed by atoms with Gasteiger partial charge in [-0.15, -0.1) is 11.3 Å². The smallest absolute Gasteiger partial charge is 0.407 e. The summed E-state index contributed by atoms with van der Waals surface area (Å²) in [6.45, 7) is 1.15. The van der Waals surface area contributed by atoms with E-state index in [0.29, 0.717) is 30.7 Å². The zero-order valence-corrected chi connectivity index (χ0v) is 13.7. The molecule has 124 valence electrons. The third-order valence-electron chi connectivity index (χ3n) is 4.35. The van der Waals surface area contributed by atoms with Crippen LogP contribution in [-0.2, 0) is 6.42 Å². The number of carboxylic acid groups (broad SMARTS) is 1. The maximum atomic E-state index is 10.9. The SMILES string of the molecule is O=C(O)N1CCC(Cc2noc(-c3cc4cnccc4s3)n2)CC1. The Balaban J connectivity index is 1.44. The molecule has 0 aromatic carbocycles. The van der Waals surface area contributed by atoms with E-state index in [9.17, 15) is 4.79 Å². The second-order valence-electron chi connectivity index (χ2n) is 5.96. The predicted octanol–water partition coefficient (Wildman–Crippen LogP) is 3.28. The molecule has 3 aromatic rings. The van der Waals surface area contributed by atoms with E-state index >= 15 is 0 Å². The molecule has 8 heteroatoms. The molecule has 0 atom stereocenters. The molecule has 1 amide bonds. The Morgan fingerprint density at radius 1 is 1.42 bits per heavy atom. The highest BCUT2D eigenvalue weighted by atomic mass is 32.1. The number of carbonyl (C=O) groups is 1. The van der Waals surface area contributed by atoms with Gasteiger partial charge in [-0.3, -0.25) is 4.98 Å². The summed E-state index contributed by atoms with van der Waals surface area (Å²) in [5.41, 5.74) is 0. The lowest BCUT2D eigenvalue weighted by atomic mass is 9.93. The van der Waals surface area contributed by atoms with Crippen molar-refractivity contribution in [3.63, 3.8) is 0 Å². The fourth-order valence-electron chi connectivity index (χ4n) is 3.01. The molecule has 1 aliphatic rings. The molecule has 0 radical (unpaired) electrons. The molecule has 24 heavy (non-hydrogen) atoms. The summed E-state index contributed by atoms with van der Waals surface area (Å²) in [6.07, 6.45) is 5.15. The molecule has 1 aliphatic heterocycles. The van der Waals surface area contributed by atoms with Crippen molar-refractivity contribution in [2.24, 2.45) is 5.92 Å². The van der Waals surface area contributed by atoms with E-state index in [0.717, 1.165) is 34.2 Å². The summed E-state index contributed by atoms with van der Waals surface area (Å²) in [6, 6.07) is 3.98. The van der Waals surface area contributed by atoms with E-state index in [2.05, 4.69) is 15.1 Å². The molecule has 4 heterocycles. The van der Waals surface area contributed by atoms with Gasteiger partial charge < -0.3 is 14.5 Å². The second kappa shape index (κ2) is 6.20. The molecule has 1 fully saturated rings. The van der Waals surface area contributed by atoms with Gasteiger partial charge in [0.05, 0.1) is 4.88 Å². The number of thiophene rings is 1. The Morgan fingerprint density at radius 3 is 3.00 bits per heavy atom. The maximum absolute atomic E-state index is 10.9. The van der Waals surface area contributed by atoms with Crippen LogP contribution in [-0.4, -0.2) is 44.3 Å². The van der Waals surface area contributed by atoms with Crippen LogP contribution in [0, 0.1) is 5.92 Å². The first kappa shape index (κ1) is 15.1. The molecule has 7 nitrogen and oxygen atoms in total. The van der Waals surface area contributed by atoms with E-state index in [1.165, 1.54) is 4.90 Å². The Hall–Kier alpha value is -2.48. The van der Waals surface area contributed by atoms with Gasteiger partial charge in [0.25, 0.3) is 5.89 Å². The number of pyridine rings is 1. The number of rotatable bonds is 3. The van der Waals surface area contributed by atoms with Gasteiger partial charge in [-0.1, -0.05) is 5.16 Å². The third kappa shape index (κ3) is 2.96. The van der Waals surface area contributed by atoms with E-state index in [-0.39, 0.29) is 0 Å². The second-order valence-corrected chi connectivity index (χ2v) is 7.04. The van der Waals surface area contributed by atoms with Crippen LogP contribution in [0.2, 0.25) is 0 Å². The van der Waals surface area contributed by atoms with Gasteiger partial charge in [-0.2, -0.15) is 4.98 Å². The van der Waals surface area contributed by atoms with Crippen molar-refractivity contribution >= 4 is 27.5 Å². The fraction of sp³-hybridized carbons (Fsp3) is 0.375. The first-order valence-corrected chi connectivity index (χ1v) is 8.65. The van der Waals surface area contributed by atoms with Crippen LogP contribution in [0.25, 0.3) is 20.9 Å². The van der Waals surface area contributed by atoms with Crippen molar-refractivity contribution in [2.45, 2.75) is 19.3 Å². The Bertz CT molecular complexity index is 834. The molecular formula is C16H16N4O3S. The van der Waals surface area contributed by atoms with Gasteiger partial charge in [0.1, 0.15) is 0 Å². The van der Waals surface area contributed by atoms with Crippen LogP contribution in [0.4, 0.5) is 4.79 Å². The molecule has 0 bridgehead atoms. The predicted molar refractivity (Wildman–Crippen MR) is 88.9 cm³/mol. The number of hydrogen-bond donors (Lipinski definition) is 1. The highest BCUT2D eigenvalue weighted by Gasteiger charge is 2.24. The topological polar surface area (TPSA) is 92.3 Å². The number of hydrogen-bond acceptors (Lipinski definition) is 6. The van der Waals surface area contributed by atoms with Crippen LogP contribution >= 0.6 is 11.3 Å². The van der Waals surface area contributed by atoms with Crippen LogP contribution in [0.15, 0.2) is 29.0 Å². The summed E-state index contributed by atoms with van der Waals surface area (Å²) in [4.78, 5) is 22.0. The van der Waals surface area contributed by atoms with Crippen LogP contribution in [0.5, 0.6) is 0 Å². The van der Waals surface area contributed by atoms with Gasteiger partial charge in [0.15, 0.2) is 5.82 Å². The van der Waals surface area contributed by atoms with Crippen LogP contribution in [0.3, 0.4) is 0 Å². The summed E-state index contributed by atoms with van der Waals surface area (Å²) in [5, 5.41) is 14.1. The zero-order valence-electron chi connectivity index (χ0n) is 12.9. The molecule has 0 spiro atoms. The summed E-state index contributed by atoms with van der Waals surface area (Å²) >= 11 is 1.61. The largest absolute Gasteiger partial charge is 0.465 e. The number of likely N-dealkylation sites (tertiary alicyclic amines) is 1. The first-order valence-electron chi connectivity index (χ1n) is 7.83. The molecule has 0 unspecified atom stereocenters. The normalized spacial score (nSPS) is 15.9. The van der Waals surface area contributed by atoms with Crippen molar-refractivity contribution in [3.8, 4) is 10.8 Å². The number of fused-ring (bicyclic) bond motifs is 1. The standard InChI is InChI=1S/C16H16N4O3S/c21-16(22)20-5-2-10(3-6-20)7-14-18-15(23-19-14)13-8-11-9-17-4-1-12(11)24-13/h1,4,8-10H,2-3,5-7H2,(H,21,22). The van der Waals surface area contributed by atoms with Crippen molar-refractivity contribution < 1.29 is 14.4 Å². The van der Waals surface area contributed by atoms with E-state index in [4.69, 9.17) is 9.63 Å². The molecule has 1 N–H and O–H groups in total. The minimum absolute atomic E-state index is 0.401. The quantitative estimate of drug-likeness (QED) is 0.784. The number of amides is 1. The van der Waals surface area contributed by atoms with Gasteiger partial charge >= 0.3 is 6.09 Å². The molecule has 0 aliphatic carbocycles. The summed E-state index contributed by atoms with van der Waals surface area (Å²) < 4.78 is 6.55. The molecule has 4 rings (SSSR count). The van der Waals surface area contributed by atoms with Crippen LogP contribution in [0.1, 0.15) is 18.7 Å². The van der Waals surface area contributed by atoms with Crippen molar-refractivity contribution in [1.82, 2.24) is 20.0 Å². The molecule has 1 saturated heterocycles. The highest BCUT2D eigenvalue weighted by molar-refractivity contribution is 7.22. The lowest BCUT2D eigenvalue weighted by molar-refractivity contribution is 0.124. The minimum Gasteiger partial charge on any atom is -0.465 e. The third-order valence-corrected chi connectivity index (χ3v) is 5.46. The fourth-order valence-corrected chi connectivity index (χ4v) is 3.96. The molecular weight excluding hydrogens is 328 g/mol. The number of nitrogens with zero attached hydrogens (tertiary/aromatic N) is 4. The molecule has 0 saturated carbocycles. The van der Waals surface area contributed by atoms with Gasteiger partial charge in [-0.25, -0.2) is 4.79 Å².